The zero-order valence-electron chi connectivity index (χ0n) is 19.7. The number of nitrogens with zero attached hydrogens (tertiary/aromatic N) is 2. The van der Waals surface area contributed by atoms with Crippen LogP contribution in [0.25, 0.3) is 22.0 Å². The van der Waals surface area contributed by atoms with Crippen molar-refractivity contribution in [2.75, 3.05) is 34.5 Å². The quantitative estimate of drug-likeness (QED) is 0.391. The van der Waals surface area contributed by atoms with Crippen LogP contribution in [-0.2, 0) is 13.1 Å². The van der Waals surface area contributed by atoms with Crippen LogP contribution < -0.4 is 18.9 Å². The number of aromatic nitrogens is 1. The Hall–Kier alpha value is -3.77. The van der Waals surface area contributed by atoms with Gasteiger partial charge in [0.1, 0.15) is 18.1 Å². The fraction of sp³-hybridized carbons (Fsp3) is 0.250. The number of hydrogen-bond donors (Lipinski definition) is 0. The third kappa shape index (κ3) is 4.50. The van der Waals surface area contributed by atoms with E-state index >= 15 is 0 Å². The first-order valence-corrected chi connectivity index (χ1v) is 11.3. The lowest BCUT2D eigenvalue weighted by Crippen LogP contribution is -2.25. The van der Waals surface area contributed by atoms with Gasteiger partial charge in [-0.05, 0) is 47.5 Å². The number of pyridine rings is 1. The van der Waals surface area contributed by atoms with Crippen molar-refractivity contribution in [3.63, 3.8) is 0 Å². The van der Waals surface area contributed by atoms with E-state index in [2.05, 4.69) is 28.1 Å². The van der Waals surface area contributed by atoms with Crippen LogP contribution in [0.4, 0.5) is 0 Å². The molecule has 0 N–H and O–H groups in total. The number of hydrogen-bond acceptors (Lipinski definition) is 6. The predicted molar refractivity (Wildman–Crippen MR) is 133 cm³/mol. The van der Waals surface area contributed by atoms with Crippen molar-refractivity contribution in [1.29, 1.82) is 0 Å². The second-order valence-corrected chi connectivity index (χ2v) is 8.36. The average molecular weight is 457 g/mol. The Balaban J connectivity index is 1.48. The Morgan fingerprint density at radius 1 is 0.882 bits per heavy atom. The SMILES string of the molecule is COc1cc(CN2CCOc3c(cc(-c4cnc5ccccc5c4)cc3OC)C2)cc(OC)c1. The second-order valence-electron chi connectivity index (χ2n) is 8.36. The van der Waals surface area contributed by atoms with Gasteiger partial charge in [-0.1, -0.05) is 18.2 Å². The zero-order chi connectivity index (χ0) is 23.5. The van der Waals surface area contributed by atoms with Crippen LogP contribution in [-0.4, -0.2) is 44.4 Å². The topological polar surface area (TPSA) is 53.1 Å². The van der Waals surface area contributed by atoms with Crippen molar-refractivity contribution in [1.82, 2.24) is 9.88 Å². The highest BCUT2D eigenvalue weighted by atomic mass is 16.5. The summed E-state index contributed by atoms with van der Waals surface area (Å²) in [7, 11) is 5.03. The molecule has 5 rings (SSSR count). The first-order valence-electron chi connectivity index (χ1n) is 11.3. The number of rotatable bonds is 6. The van der Waals surface area contributed by atoms with Gasteiger partial charge in [0, 0.05) is 48.4 Å². The molecule has 6 heteroatoms. The molecule has 1 aliphatic heterocycles. The predicted octanol–water partition coefficient (Wildman–Crippen LogP) is 5.32. The third-order valence-electron chi connectivity index (χ3n) is 6.14. The lowest BCUT2D eigenvalue weighted by molar-refractivity contribution is 0.216. The molecule has 1 aromatic heterocycles. The lowest BCUT2D eigenvalue weighted by Gasteiger charge is -2.20. The van der Waals surface area contributed by atoms with Crippen molar-refractivity contribution in [2.45, 2.75) is 13.1 Å². The normalized spacial score (nSPS) is 13.6. The first-order chi connectivity index (χ1) is 16.7. The van der Waals surface area contributed by atoms with Gasteiger partial charge in [-0.2, -0.15) is 0 Å². The number of benzene rings is 3. The summed E-state index contributed by atoms with van der Waals surface area (Å²) in [6.45, 7) is 2.87. The molecule has 174 valence electrons. The fourth-order valence-electron chi connectivity index (χ4n) is 4.44. The maximum Gasteiger partial charge on any atom is 0.165 e. The van der Waals surface area contributed by atoms with E-state index in [-0.39, 0.29) is 0 Å². The molecule has 0 amide bonds. The molecule has 0 fully saturated rings. The molecular weight excluding hydrogens is 428 g/mol. The highest BCUT2D eigenvalue weighted by molar-refractivity contribution is 5.84. The Labute approximate surface area is 199 Å². The minimum absolute atomic E-state index is 0.585. The molecule has 0 bridgehead atoms. The standard InChI is InChI=1S/C28H28N2O4/c1-31-24-10-19(11-25(15-24)32-2)17-30-8-9-34-28-23(18-30)13-21(14-27(28)33-3)22-12-20-6-4-5-7-26(20)29-16-22/h4-7,10-16H,8-9,17-18H2,1-3H3. The zero-order valence-corrected chi connectivity index (χ0v) is 19.7. The highest BCUT2D eigenvalue weighted by Crippen LogP contribution is 2.39. The molecule has 2 heterocycles. The minimum Gasteiger partial charge on any atom is -0.497 e. The Morgan fingerprint density at radius 3 is 2.44 bits per heavy atom. The summed E-state index contributed by atoms with van der Waals surface area (Å²) in [6.07, 6.45) is 1.92. The Kier molecular flexibility index (Phi) is 6.23. The molecule has 4 aromatic rings. The van der Waals surface area contributed by atoms with Crippen molar-refractivity contribution >= 4 is 10.9 Å². The largest absolute Gasteiger partial charge is 0.497 e. The summed E-state index contributed by atoms with van der Waals surface area (Å²) in [5, 5.41) is 1.11. The molecule has 0 spiro atoms. The maximum absolute atomic E-state index is 6.16. The Morgan fingerprint density at radius 2 is 1.68 bits per heavy atom. The monoisotopic (exact) mass is 456 g/mol. The summed E-state index contributed by atoms with van der Waals surface area (Å²) in [5.41, 5.74) is 5.31. The van der Waals surface area contributed by atoms with Crippen molar-refractivity contribution in [3.05, 3.63) is 78.0 Å². The van der Waals surface area contributed by atoms with Crippen LogP contribution in [0, 0.1) is 0 Å². The number of fused-ring (bicyclic) bond motifs is 2. The van der Waals surface area contributed by atoms with E-state index in [9.17, 15) is 0 Å². The van der Waals surface area contributed by atoms with Crippen molar-refractivity contribution in [3.8, 4) is 34.1 Å². The molecule has 1 aliphatic rings. The van der Waals surface area contributed by atoms with Gasteiger partial charge in [0.2, 0.25) is 0 Å². The van der Waals surface area contributed by atoms with Gasteiger partial charge in [0.05, 0.1) is 26.8 Å². The maximum atomic E-state index is 6.16. The summed E-state index contributed by atoms with van der Waals surface area (Å²) < 4.78 is 22.8. The van der Waals surface area contributed by atoms with E-state index in [0.29, 0.717) is 6.61 Å². The van der Waals surface area contributed by atoms with E-state index in [0.717, 1.165) is 75.8 Å². The van der Waals surface area contributed by atoms with Crippen molar-refractivity contribution < 1.29 is 18.9 Å². The summed E-state index contributed by atoms with van der Waals surface area (Å²) in [5.74, 6) is 3.12. The molecule has 34 heavy (non-hydrogen) atoms. The van der Waals surface area contributed by atoms with Crippen molar-refractivity contribution in [2.24, 2.45) is 0 Å². The number of ether oxygens (including phenoxy) is 4. The van der Waals surface area contributed by atoms with Crippen LogP contribution in [0.5, 0.6) is 23.0 Å². The molecule has 0 atom stereocenters. The van der Waals surface area contributed by atoms with Crippen LogP contribution >= 0.6 is 0 Å². The average Bonchev–Trinajstić information content (AvgIpc) is 3.09. The first kappa shape index (κ1) is 22.0. The van der Waals surface area contributed by atoms with Gasteiger partial charge < -0.3 is 18.9 Å². The molecule has 0 saturated heterocycles. The number of para-hydroxylation sites is 1. The van der Waals surface area contributed by atoms with E-state index in [1.165, 1.54) is 0 Å². The van der Waals surface area contributed by atoms with Gasteiger partial charge in [0.15, 0.2) is 11.5 Å². The van der Waals surface area contributed by atoms with E-state index < -0.39 is 0 Å². The van der Waals surface area contributed by atoms with Crippen LogP contribution in [0.3, 0.4) is 0 Å². The summed E-state index contributed by atoms with van der Waals surface area (Å²) in [4.78, 5) is 7.00. The summed E-state index contributed by atoms with van der Waals surface area (Å²) >= 11 is 0. The molecule has 0 saturated carbocycles. The minimum atomic E-state index is 0.585. The second kappa shape index (κ2) is 9.61. The lowest BCUT2D eigenvalue weighted by atomic mass is 10.0. The molecule has 0 aliphatic carbocycles. The van der Waals surface area contributed by atoms with Gasteiger partial charge in [-0.15, -0.1) is 0 Å². The van der Waals surface area contributed by atoms with Crippen LogP contribution in [0.2, 0.25) is 0 Å². The smallest absolute Gasteiger partial charge is 0.165 e. The summed E-state index contributed by atoms with van der Waals surface area (Å²) in [6, 6.07) is 20.5. The van der Waals surface area contributed by atoms with Gasteiger partial charge in [0.25, 0.3) is 0 Å². The number of methoxy groups -OCH3 is 3. The molecule has 6 nitrogen and oxygen atoms in total. The third-order valence-corrected chi connectivity index (χ3v) is 6.14. The van der Waals surface area contributed by atoms with Crippen LogP contribution in [0.15, 0.2) is 66.9 Å². The Bertz CT molecular complexity index is 1300. The molecule has 0 unspecified atom stereocenters. The van der Waals surface area contributed by atoms with Gasteiger partial charge in [-0.3, -0.25) is 9.88 Å². The molecular formula is C28H28N2O4. The highest BCUT2D eigenvalue weighted by Gasteiger charge is 2.21. The molecule has 3 aromatic carbocycles. The van der Waals surface area contributed by atoms with Gasteiger partial charge in [-0.25, -0.2) is 0 Å². The van der Waals surface area contributed by atoms with E-state index in [1.54, 1.807) is 21.3 Å². The van der Waals surface area contributed by atoms with E-state index in [1.807, 2.05) is 48.7 Å². The molecule has 0 radical (unpaired) electrons. The van der Waals surface area contributed by atoms with Gasteiger partial charge >= 0.3 is 0 Å². The fourth-order valence-corrected chi connectivity index (χ4v) is 4.44. The van der Waals surface area contributed by atoms with E-state index in [4.69, 9.17) is 18.9 Å². The van der Waals surface area contributed by atoms with Crippen LogP contribution in [0.1, 0.15) is 11.1 Å².